The molecule has 0 heterocycles. The zero-order valence-electron chi connectivity index (χ0n) is 8.80. The third kappa shape index (κ3) is 3.09. The van der Waals surface area contributed by atoms with Crippen molar-refractivity contribution in [2.45, 2.75) is 6.10 Å². The number of rotatable bonds is 2. The highest BCUT2D eigenvalue weighted by Crippen LogP contribution is 2.08. The van der Waals surface area contributed by atoms with Crippen LogP contribution in [0.25, 0.3) is 0 Å². The standard InChI is InChI=1S/C12H12O4/c1-16-12(15)11-5-3-2-4-9(11)6-7-10(14)8-13/h2-5,10,13-14H,8H2,1H3. The van der Waals surface area contributed by atoms with Crippen LogP contribution < -0.4 is 0 Å². The topological polar surface area (TPSA) is 66.8 Å². The van der Waals surface area contributed by atoms with Crippen molar-refractivity contribution in [3.05, 3.63) is 35.4 Å². The summed E-state index contributed by atoms with van der Waals surface area (Å²) in [5.74, 6) is 4.55. The van der Waals surface area contributed by atoms with Crippen LogP contribution in [0.5, 0.6) is 0 Å². The minimum absolute atomic E-state index is 0.336. The van der Waals surface area contributed by atoms with Crippen LogP contribution in [-0.2, 0) is 4.74 Å². The van der Waals surface area contributed by atoms with Crippen molar-refractivity contribution < 1.29 is 19.7 Å². The summed E-state index contributed by atoms with van der Waals surface area (Å²) in [5.41, 5.74) is 0.796. The monoisotopic (exact) mass is 220 g/mol. The molecule has 0 spiro atoms. The van der Waals surface area contributed by atoms with Crippen LogP contribution in [0.1, 0.15) is 15.9 Å². The lowest BCUT2D eigenvalue weighted by atomic mass is 10.1. The van der Waals surface area contributed by atoms with Crippen molar-refractivity contribution in [3.63, 3.8) is 0 Å². The zero-order chi connectivity index (χ0) is 12.0. The van der Waals surface area contributed by atoms with E-state index in [2.05, 4.69) is 16.6 Å². The largest absolute Gasteiger partial charge is 0.465 e. The Balaban J connectivity index is 3.03. The number of aliphatic hydroxyl groups excluding tert-OH is 2. The fourth-order valence-electron chi connectivity index (χ4n) is 1.09. The van der Waals surface area contributed by atoms with E-state index in [0.717, 1.165) is 0 Å². The van der Waals surface area contributed by atoms with E-state index in [9.17, 15) is 4.79 Å². The third-order valence-electron chi connectivity index (χ3n) is 1.88. The van der Waals surface area contributed by atoms with Gasteiger partial charge in [0.05, 0.1) is 19.3 Å². The molecular weight excluding hydrogens is 208 g/mol. The summed E-state index contributed by atoms with van der Waals surface area (Å²) in [6.45, 7) is -0.437. The molecule has 1 aromatic rings. The molecule has 0 amide bonds. The highest BCUT2D eigenvalue weighted by molar-refractivity contribution is 5.92. The molecule has 1 aromatic carbocycles. The Labute approximate surface area is 93.5 Å². The molecule has 0 aliphatic rings. The number of benzene rings is 1. The van der Waals surface area contributed by atoms with E-state index >= 15 is 0 Å². The summed E-state index contributed by atoms with van der Waals surface area (Å²) in [4.78, 5) is 11.3. The first kappa shape index (κ1) is 12.2. The van der Waals surface area contributed by atoms with Gasteiger partial charge in [0.1, 0.15) is 6.10 Å². The molecule has 16 heavy (non-hydrogen) atoms. The Morgan fingerprint density at radius 3 is 2.81 bits per heavy atom. The van der Waals surface area contributed by atoms with Gasteiger partial charge in [0.15, 0.2) is 0 Å². The highest BCUT2D eigenvalue weighted by atomic mass is 16.5. The minimum Gasteiger partial charge on any atom is -0.465 e. The van der Waals surface area contributed by atoms with Crippen LogP contribution in [0.3, 0.4) is 0 Å². The number of carbonyl (C=O) groups excluding carboxylic acids is 1. The lowest BCUT2D eigenvalue weighted by Gasteiger charge is -2.01. The molecule has 1 unspecified atom stereocenters. The van der Waals surface area contributed by atoms with Gasteiger partial charge in [-0.2, -0.15) is 0 Å². The molecule has 0 saturated heterocycles. The van der Waals surface area contributed by atoms with Crippen molar-refractivity contribution in [2.75, 3.05) is 13.7 Å². The van der Waals surface area contributed by atoms with E-state index in [-0.39, 0.29) is 0 Å². The van der Waals surface area contributed by atoms with E-state index in [4.69, 9.17) is 10.2 Å². The lowest BCUT2D eigenvalue weighted by molar-refractivity contribution is 0.0600. The van der Waals surface area contributed by atoms with Gasteiger partial charge >= 0.3 is 5.97 Å². The van der Waals surface area contributed by atoms with E-state index in [1.54, 1.807) is 24.3 Å². The summed E-state index contributed by atoms with van der Waals surface area (Å²) >= 11 is 0. The van der Waals surface area contributed by atoms with Gasteiger partial charge in [-0.1, -0.05) is 24.0 Å². The van der Waals surface area contributed by atoms with Crippen molar-refractivity contribution in [1.29, 1.82) is 0 Å². The Bertz CT molecular complexity index is 428. The zero-order valence-corrected chi connectivity index (χ0v) is 8.80. The van der Waals surface area contributed by atoms with Crippen LogP contribution in [0.15, 0.2) is 24.3 Å². The van der Waals surface area contributed by atoms with Gasteiger partial charge in [-0.05, 0) is 12.1 Å². The Morgan fingerprint density at radius 2 is 2.19 bits per heavy atom. The molecule has 2 N–H and O–H groups in total. The molecule has 0 fully saturated rings. The Kier molecular flexibility index (Phi) is 4.52. The van der Waals surface area contributed by atoms with Gasteiger partial charge in [-0.15, -0.1) is 0 Å². The maximum atomic E-state index is 11.3. The van der Waals surface area contributed by atoms with Gasteiger partial charge in [0.25, 0.3) is 0 Å². The molecule has 1 rings (SSSR count). The molecule has 0 bridgehead atoms. The molecule has 0 aliphatic heterocycles. The number of ether oxygens (including phenoxy) is 1. The van der Waals surface area contributed by atoms with Gasteiger partial charge in [-0.25, -0.2) is 4.79 Å². The molecule has 0 aromatic heterocycles. The van der Waals surface area contributed by atoms with E-state index in [1.165, 1.54) is 7.11 Å². The second-order valence-electron chi connectivity index (χ2n) is 3.00. The third-order valence-corrected chi connectivity index (χ3v) is 1.88. The number of hydrogen-bond donors (Lipinski definition) is 2. The first-order valence-corrected chi connectivity index (χ1v) is 4.67. The molecule has 0 radical (unpaired) electrons. The average molecular weight is 220 g/mol. The number of aliphatic hydroxyl groups is 2. The molecule has 1 atom stereocenters. The second kappa shape index (κ2) is 5.91. The quantitative estimate of drug-likeness (QED) is 0.551. The van der Waals surface area contributed by atoms with E-state index in [0.29, 0.717) is 11.1 Å². The van der Waals surface area contributed by atoms with Gasteiger partial charge in [0, 0.05) is 5.56 Å². The normalized spacial score (nSPS) is 11.2. The SMILES string of the molecule is COC(=O)c1ccccc1C#CC(O)CO. The summed E-state index contributed by atoms with van der Waals surface area (Å²) in [6, 6.07) is 6.65. The fourth-order valence-corrected chi connectivity index (χ4v) is 1.09. The predicted octanol–water partition coefficient (Wildman–Crippen LogP) is 0.178. The smallest absolute Gasteiger partial charge is 0.339 e. The van der Waals surface area contributed by atoms with Gasteiger partial charge in [-0.3, -0.25) is 0 Å². The average Bonchev–Trinajstić information content (AvgIpc) is 2.35. The highest BCUT2D eigenvalue weighted by Gasteiger charge is 2.08. The summed E-state index contributed by atoms with van der Waals surface area (Å²) < 4.78 is 4.59. The van der Waals surface area contributed by atoms with Crippen LogP contribution >= 0.6 is 0 Å². The van der Waals surface area contributed by atoms with Crippen molar-refractivity contribution in [3.8, 4) is 11.8 Å². The Morgan fingerprint density at radius 1 is 1.50 bits per heavy atom. The number of hydrogen-bond acceptors (Lipinski definition) is 4. The summed E-state index contributed by atoms with van der Waals surface area (Å²) in [6.07, 6.45) is -1.11. The minimum atomic E-state index is -1.11. The van der Waals surface area contributed by atoms with Crippen molar-refractivity contribution in [1.82, 2.24) is 0 Å². The van der Waals surface area contributed by atoms with Crippen LogP contribution in [-0.4, -0.2) is 36.0 Å². The van der Waals surface area contributed by atoms with Crippen LogP contribution in [0.4, 0.5) is 0 Å². The summed E-state index contributed by atoms with van der Waals surface area (Å²) in [7, 11) is 1.29. The van der Waals surface area contributed by atoms with Gasteiger partial charge in [0.2, 0.25) is 0 Å². The maximum Gasteiger partial charge on any atom is 0.339 e. The first-order chi connectivity index (χ1) is 7.69. The van der Waals surface area contributed by atoms with E-state index < -0.39 is 18.7 Å². The van der Waals surface area contributed by atoms with Crippen LogP contribution in [0.2, 0.25) is 0 Å². The molecule has 4 heteroatoms. The number of methoxy groups -OCH3 is 1. The molecule has 0 aliphatic carbocycles. The molecular formula is C12H12O4. The first-order valence-electron chi connectivity index (χ1n) is 4.67. The summed E-state index contributed by atoms with van der Waals surface area (Å²) in [5, 5.41) is 17.7. The number of carbonyl (C=O) groups is 1. The number of esters is 1. The Hall–Kier alpha value is -1.83. The molecule has 4 nitrogen and oxygen atoms in total. The predicted molar refractivity (Wildman–Crippen MR) is 57.8 cm³/mol. The molecule has 84 valence electrons. The van der Waals surface area contributed by atoms with Crippen molar-refractivity contribution >= 4 is 5.97 Å². The molecule has 0 saturated carbocycles. The maximum absolute atomic E-state index is 11.3. The van der Waals surface area contributed by atoms with Crippen molar-refractivity contribution in [2.24, 2.45) is 0 Å². The van der Waals surface area contributed by atoms with E-state index in [1.807, 2.05) is 0 Å². The second-order valence-corrected chi connectivity index (χ2v) is 3.00. The lowest BCUT2D eigenvalue weighted by Crippen LogP contribution is -2.08. The fraction of sp³-hybridized carbons (Fsp3) is 0.250. The van der Waals surface area contributed by atoms with Crippen LogP contribution in [0, 0.1) is 11.8 Å². The van der Waals surface area contributed by atoms with Gasteiger partial charge < -0.3 is 14.9 Å².